The molecule has 0 aromatic heterocycles. The zero-order valence-electron chi connectivity index (χ0n) is 16.4. The van der Waals surface area contributed by atoms with Gasteiger partial charge in [-0.2, -0.15) is 0 Å². The zero-order valence-corrected chi connectivity index (χ0v) is 16.4. The topological polar surface area (TPSA) is 9.23 Å². The molecule has 0 atom stereocenters. The highest BCUT2D eigenvalue weighted by molar-refractivity contribution is 5.82. The monoisotopic (exact) mass is 310 g/mol. The van der Waals surface area contributed by atoms with E-state index in [1.165, 1.54) is 61.2 Å². The van der Waals surface area contributed by atoms with Gasteiger partial charge in [-0.15, -0.1) is 0 Å². The van der Waals surface area contributed by atoms with Crippen LogP contribution in [0.4, 0.5) is 0 Å². The summed E-state index contributed by atoms with van der Waals surface area (Å²) in [6.07, 6.45) is 0. The summed E-state index contributed by atoms with van der Waals surface area (Å²) in [7, 11) is 1.77. The highest BCUT2D eigenvalue weighted by Gasteiger charge is 2.21. The summed E-state index contributed by atoms with van der Waals surface area (Å²) in [4.78, 5) is 0. The Morgan fingerprint density at radius 3 is 0.957 bits per heavy atom. The number of ether oxygens (including phenoxy) is 1. The third kappa shape index (κ3) is 2.47. The van der Waals surface area contributed by atoms with Crippen molar-refractivity contribution in [2.45, 2.75) is 62.3 Å². The van der Waals surface area contributed by atoms with Gasteiger partial charge in [0.2, 0.25) is 0 Å². The van der Waals surface area contributed by atoms with Crippen molar-refractivity contribution in [1.29, 1.82) is 0 Å². The largest absolute Gasteiger partial charge is 0.496 e. The SMILES string of the molecule is COc1c(C)c(C)c(-c2c(C)c(C)c(C)c(C)c2C)c(C)c1C. The molecule has 0 saturated carbocycles. The smallest absolute Gasteiger partial charge is 0.125 e. The van der Waals surface area contributed by atoms with Crippen molar-refractivity contribution in [1.82, 2.24) is 0 Å². The molecule has 2 aromatic carbocycles. The molecule has 0 aliphatic carbocycles. The maximum Gasteiger partial charge on any atom is 0.125 e. The second-order valence-corrected chi connectivity index (χ2v) is 6.91. The fraction of sp³-hybridized carbons (Fsp3) is 0.455. The molecular formula is C22H30O. The first kappa shape index (κ1) is 17.6. The van der Waals surface area contributed by atoms with Crippen LogP contribution in [-0.2, 0) is 0 Å². The molecule has 0 saturated heterocycles. The molecule has 0 amide bonds. The molecule has 1 heteroatoms. The molecule has 0 spiro atoms. The molecule has 0 bridgehead atoms. The van der Waals surface area contributed by atoms with Crippen LogP contribution in [0.2, 0.25) is 0 Å². The van der Waals surface area contributed by atoms with Crippen LogP contribution in [-0.4, -0.2) is 7.11 Å². The minimum atomic E-state index is 1.03. The summed E-state index contributed by atoms with van der Waals surface area (Å²) in [5, 5.41) is 0. The van der Waals surface area contributed by atoms with Gasteiger partial charge in [0.15, 0.2) is 0 Å². The fourth-order valence-corrected chi connectivity index (χ4v) is 3.83. The van der Waals surface area contributed by atoms with Crippen molar-refractivity contribution in [3.05, 3.63) is 50.1 Å². The van der Waals surface area contributed by atoms with E-state index >= 15 is 0 Å². The molecule has 0 unspecified atom stereocenters. The van der Waals surface area contributed by atoms with E-state index in [1.807, 2.05) is 0 Å². The lowest BCUT2D eigenvalue weighted by Gasteiger charge is -2.25. The lowest BCUT2D eigenvalue weighted by atomic mass is 9.81. The van der Waals surface area contributed by atoms with E-state index in [2.05, 4.69) is 62.3 Å². The first-order chi connectivity index (χ1) is 10.6. The van der Waals surface area contributed by atoms with E-state index < -0.39 is 0 Å². The number of benzene rings is 2. The second kappa shape index (κ2) is 6.03. The van der Waals surface area contributed by atoms with Crippen LogP contribution in [0.3, 0.4) is 0 Å². The molecule has 0 heterocycles. The molecule has 23 heavy (non-hydrogen) atoms. The van der Waals surface area contributed by atoms with E-state index in [9.17, 15) is 0 Å². The normalized spacial score (nSPS) is 11.0. The van der Waals surface area contributed by atoms with Gasteiger partial charge in [0.05, 0.1) is 7.11 Å². The highest BCUT2D eigenvalue weighted by atomic mass is 16.5. The van der Waals surface area contributed by atoms with Gasteiger partial charge in [-0.1, -0.05) is 0 Å². The van der Waals surface area contributed by atoms with Crippen LogP contribution in [0.15, 0.2) is 0 Å². The molecule has 124 valence electrons. The molecule has 0 radical (unpaired) electrons. The number of rotatable bonds is 2. The van der Waals surface area contributed by atoms with Crippen LogP contribution >= 0.6 is 0 Å². The Labute approximate surface area is 141 Å². The highest BCUT2D eigenvalue weighted by Crippen LogP contribution is 2.42. The van der Waals surface area contributed by atoms with Crippen molar-refractivity contribution < 1.29 is 4.74 Å². The minimum absolute atomic E-state index is 1.03. The second-order valence-electron chi connectivity index (χ2n) is 6.91. The van der Waals surface area contributed by atoms with Crippen molar-refractivity contribution in [2.24, 2.45) is 0 Å². The molecule has 2 aromatic rings. The lowest BCUT2D eigenvalue weighted by molar-refractivity contribution is 0.408. The Kier molecular flexibility index (Phi) is 4.61. The average Bonchev–Trinajstić information content (AvgIpc) is 2.53. The van der Waals surface area contributed by atoms with Gasteiger partial charge in [0, 0.05) is 0 Å². The predicted molar refractivity (Wildman–Crippen MR) is 101 cm³/mol. The van der Waals surface area contributed by atoms with Gasteiger partial charge in [-0.3, -0.25) is 0 Å². The quantitative estimate of drug-likeness (QED) is 0.647. The number of hydrogen-bond acceptors (Lipinski definition) is 1. The van der Waals surface area contributed by atoms with E-state index in [4.69, 9.17) is 4.74 Å². The van der Waals surface area contributed by atoms with Gasteiger partial charge in [0.25, 0.3) is 0 Å². The molecular weight excluding hydrogens is 280 g/mol. The van der Waals surface area contributed by atoms with Gasteiger partial charge < -0.3 is 4.74 Å². The summed E-state index contributed by atoms with van der Waals surface area (Å²) in [6.45, 7) is 20.0. The maximum atomic E-state index is 5.66. The third-order valence-electron chi connectivity index (χ3n) is 6.01. The van der Waals surface area contributed by atoms with E-state index in [0.29, 0.717) is 0 Å². The number of methoxy groups -OCH3 is 1. The standard InChI is InChI=1S/C22H30O/c1-11-12(2)14(4)20(15(5)13(11)3)21-16(6)18(8)22(23-10)19(9)17(21)7/h1-10H3. The molecule has 0 N–H and O–H groups in total. The van der Waals surface area contributed by atoms with Gasteiger partial charge in [-0.05, 0) is 124 Å². The predicted octanol–water partition coefficient (Wildman–Crippen LogP) is 6.14. The van der Waals surface area contributed by atoms with Crippen molar-refractivity contribution in [3.63, 3.8) is 0 Å². The first-order valence-electron chi connectivity index (χ1n) is 8.36. The Bertz CT molecular complexity index is 737. The molecule has 0 aliphatic rings. The van der Waals surface area contributed by atoms with Crippen molar-refractivity contribution >= 4 is 0 Å². The van der Waals surface area contributed by atoms with Crippen molar-refractivity contribution in [2.75, 3.05) is 7.11 Å². The van der Waals surface area contributed by atoms with Gasteiger partial charge in [0.1, 0.15) is 5.75 Å². The van der Waals surface area contributed by atoms with Gasteiger partial charge in [-0.25, -0.2) is 0 Å². The van der Waals surface area contributed by atoms with Crippen LogP contribution in [0.5, 0.6) is 5.75 Å². The average molecular weight is 310 g/mol. The summed E-state index contributed by atoms with van der Waals surface area (Å²) in [5.41, 5.74) is 15.0. The third-order valence-corrected chi connectivity index (χ3v) is 6.01. The summed E-state index contributed by atoms with van der Waals surface area (Å²) >= 11 is 0. The zero-order chi connectivity index (χ0) is 17.6. The molecule has 1 nitrogen and oxygen atoms in total. The van der Waals surface area contributed by atoms with E-state index in [1.54, 1.807) is 7.11 Å². The Morgan fingerprint density at radius 1 is 0.391 bits per heavy atom. The first-order valence-corrected chi connectivity index (χ1v) is 8.36. The van der Waals surface area contributed by atoms with Gasteiger partial charge >= 0.3 is 0 Å². The summed E-state index contributed by atoms with van der Waals surface area (Å²) in [5.74, 6) is 1.03. The maximum absolute atomic E-state index is 5.66. The van der Waals surface area contributed by atoms with Crippen LogP contribution in [0.25, 0.3) is 11.1 Å². The van der Waals surface area contributed by atoms with Crippen molar-refractivity contribution in [3.8, 4) is 16.9 Å². The summed E-state index contributed by atoms with van der Waals surface area (Å²) < 4.78 is 5.66. The van der Waals surface area contributed by atoms with Crippen LogP contribution in [0, 0.1) is 62.3 Å². The molecule has 0 aliphatic heterocycles. The van der Waals surface area contributed by atoms with E-state index in [0.717, 1.165) is 5.75 Å². The fourth-order valence-electron chi connectivity index (χ4n) is 3.83. The van der Waals surface area contributed by atoms with E-state index in [-0.39, 0.29) is 0 Å². The Morgan fingerprint density at radius 2 is 0.652 bits per heavy atom. The summed E-state index contributed by atoms with van der Waals surface area (Å²) in [6, 6.07) is 0. The molecule has 2 rings (SSSR count). The lowest BCUT2D eigenvalue weighted by Crippen LogP contribution is -2.05. The Hall–Kier alpha value is -1.76. The number of hydrogen-bond donors (Lipinski definition) is 0. The van der Waals surface area contributed by atoms with Crippen LogP contribution < -0.4 is 4.74 Å². The van der Waals surface area contributed by atoms with Crippen LogP contribution in [0.1, 0.15) is 50.1 Å². The Balaban J connectivity index is 3.01. The minimum Gasteiger partial charge on any atom is -0.496 e. The molecule has 0 fully saturated rings.